The molecule has 0 aromatic carbocycles. The lowest BCUT2D eigenvalue weighted by Gasteiger charge is -2.31. The molecule has 0 amide bonds. The van der Waals surface area contributed by atoms with Crippen molar-refractivity contribution in [1.82, 2.24) is 9.78 Å². The van der Waals surface area contributed by atoms with E-state index in [-0.39, 0.29) is 5.41 Å². The number of thiophene rings is 1. The van der Waals surface area contributed by atoms with Gasteiger partial charge in [-0.05, 0) is 30.9 Å². The van der Waals surface area contributed by atoms with Crippen LogP contribution < -0.4 is 0 Å². The van der Waals surface area contributed by atoms with Crippen molar-refractivity contribution < 1.29 is 0 Å². The van der Waals surface area contributed by atoms with Crippen LogP contribution >= 0.6 is 11.3 Å². The average molecular weight is 245 g/mol. The SMILES string of the molecule is CC1=NCC(C)(c2cnn(C)c2)c2ccsc21. The van der Waals surface area contributed by atoms with Gasteiger partial charge in [-0.1, -0.05) is 0 Å². The highest BCUT2D eigenvalue weighted by atomic mass is 32.1. The molecule has 2 aromatic rings. The zero-order chi connectivity index (χ0) is 12.0. The minimum atomic E-state index is -0.0247. The molecule has 0 saturated heterocycles. The van der Waals surface area contributed by atoms with Crippen LogP contribution in [-0.2, 0) is 12.5 Å². The molecule has 3 heterocycles. The summed E-state index contributed by atoms with van der Waals surface area (Å²) >= 11 is 1.78. The second-order valence-corrected chi connectivity index (χ2v) is 5.72. The second kappa shape index (κ2) is 3.53. The highest BCUT2D eigenvalue weighted by molar-refractivity contribution is 7.12. The van der Waals surface area contributed by atoms with E-state index in [9.17, 15) is 0 Å². The fraction of sp³-hybridized carbons (Fsp3) is 0.385. The van der Waals surface area contributed by atoms with Crippen molar-refractivity contribution >= 4 is 17.0 Å². The Morgan fingerprint density at radius 3 is 3.00 bits per heavy atom. The molecule has 3 nitrogen and oxygen atoms in total. The molecule has 17 heavy (non-hydrogen) atoms. The lowest BCUT2D eigenvalue weighted by molar-refractivity contribution is 0.578. The molecule has 3 rings (SSSR count). The van der Waals surface area contributed by atoms with Crippen molar-refractivity contribution in [3.05, 3.63) is 39.8 Å². The first-order chi connectivity index (χ1) is 8.11. The molecule has 1 unspecified atom stereocenters. The summed E-state index contributed by atoms with van der Waals surface area (Å²) in [6, 6.07) is 2.23. The minimum absolute atomic E-state index is 0.0247. The average Bonchev–Trinajstić information content (AvgIpc) is 2.92. The Kier molecular flexibility index (Phi) is 2.23. The minimum Gasteiger partial charge on any atom is -0.287 e. The fourth-order valence-corrected chi connectivity index (χ4v) is 3.41. The lowest BCUT2D eigenvalue weighted by Crippen LogP contribution is -2.31. The van der Waals surface area contributed by atoms with Gasteiger partial charge in [0.25, 0.3) is 0 Å². The Labute approximate surface area is 105 Å². The maximum atomic E-state index is 4.67. The third-order valence-electron chi connectivity index (χ3n) is 3.56. The Hall–Kier alpha value is -1.42. The van der Waals surface area contributed by atoms with Gasteiger partial charge in [0.15, 0.2) is 0 Å². The van der Waals surface area contributed by atoms with Crippen LogP contribution in [0.4, 0.5) is 0 Å². The molecule has 0 bridgehead atoms. The summed E-state index contributed by atoms with van der Waals surface area (Å²) in [5.41, 5.74) is 3.78. The molecule has 0 fully saturated rings. The van der Waals surface area contributed by atoms with Crippen LogP contribution in [0.15, 0.2) is 28.8 Å². The topological polar surface area (TPSA) is 30.2 Å². The Morgan fingerprint density at radius 2 is 2.29 bits per heavy atom. The first kappa shape index (κ1) is 10.7. The van der Waals surface area contributed by atoms with Crippen molar-refractivity contribution in [3.63, 3.8) is 0 Å². The maximum Gasteiger partial charge on any atom is 0.0531 e. The maximum absolute atomic E-state index is 4.67. The molecule has 0 N–H and O–H groups in total. The van der Waals surface area contributed by atoms with E-state index in [4.69, 9.17) is 0 Å². The first-order valence-electron chi connectivity index (χ1n) is 5.70. The van der Waals surface area contributed by atoms with Crippen molar-refractivity contribution in [2.24, 2.45) is 12.0 Å². The van der Waals surface area contributed by atoms with E-state index in [1.807, 2.05) is 17.9 Å². The number of aliphatic imine (C=N–C) groups is 1. The van der Waals surface area contributed by atoms with Crippen LogP contribution in [0.2, 0.25) is 0 Å². The summed E-state index contributed by atoms with van der Waals surface area (Å²) in [6.45, 7) is 5.16. The Balaban J connectivity index is 2.18. The van der Waals surface area contributed by atoms with Gasteiger partial charge in [-0.15, -0.1) is 11.3 Å². The number of aryl methyl sites for hydroxylation is 1. The summed E-state index contributed by atoms with van der Waals surface area (Å²) < 4.78 is 1.86. The van der Waals surface area contributed by atoms with Crippen LogP contribution in [0, 0.1) is 0 Å². The van der Waals surface area contributed by atoms with Gasteiger partial charge in [0.2, 0.25) is 0 Å². The second-order valence-electron chi connectivity index (χ2n) is 4.80. The molecule has 1 aliphatic heterocycles. The van der Waals surface area contributed by atoms with Crippen molar-refractivity contribution in [1.29, 1.82) is 0 Å². The van der Waals surface area contributed by atoms with E-state index in [1.165, 1.54) is 16.0 Å². The van der Waals surface area contributed by atoms with E-state index in [0.29, 0.717) is 0 Å². The number of rotatable bonds is 1. The van der Waals surface area contributed by atoms with Gasteiger partial charge in [-0.3, -0.25) is 9.67 Å². The zero-order valence-electron chi connectivity index (χ0n) is 10.3. The third-order valence-corrected chi connectivity index (χ3v) is 4.59. The molecule has 0 radical (unpaired) electrons. The Morgan fingerprint density at radius 1 is 1.47 bits per heavy atom. The zero-order valence-corrected chi connectivity index (χ0v) is 11.1. The van der Waals surface area contributed by atoms with Gasteiger partial charge in [0, 0.05) is 29.9 Å². The van der Waals surface area contributed by atoms with Crippen molar-refractivity contribution in [2.75, 3.05) is 6.54 Å². The van der Waals surface area contributed by atoms with E-state index in [0.717, 1.165) is 12.3 Å². The van der Waals surface area contributed by atoms with Crippen LogP contribution in [0.5, 0.6) is 0 Å². The molecule has 4 heteroatoms. The smallest absolute Gasteiger partial charge is 0.0531 e. The van der Waals surface area contributed by atoms with Crippen LogP contribution in [-0.4, -0.2) is 22.0 Å². The van der Waals surface area contributed by atoms with Gasteiger partial charge in [-0.2, -0.15) is 5.10 Å². The molecular formula is C13H15N3S. The standard InChI is InChI=1S/C13H15N3S/c1-9-12-11(4-5-17-12)13(2,8-14-9)10-6-15-16(3)7-10/h4-7H,8H2,1-3H3. The predicted octanol–water partition coefficient (Wildman–Crippen LogP) is 2.61. The molecular weight excluding hydrogens is 230 g/mol. The summed E-state index contributed by atoms with van der Waals surface area (Å²) in [7, 11) is 1.96. The summed E-state index contributed by atoms with van der Waals surface area (Å²) in [4.78, 5) is 5.99. The predicted molar refractivity (Wildman–Crippen MR) is 71.1 cm³/mol. The lowest BCUT2D eigenvalue weighted by atomic mass is 9.76. The fourth-order valence-electron chi connectivity index (χ4n) is 2.41. The van der Waals surface area contributed by atoms with Crippen molar-refractivity contribution in [2.45, 2.75) is 19.3 Å². The van der Waals surface area contributed by atoms with Gasteiger partial charge in [0.05, 0.1) is 17.6 Å². The number of hydrogen-bond acceptors (Lipinski definition) is 3. The highest BCUT2D eigenvalue weighted by Crippen LogP contribution is 2.39. The van der Waals surface area contributed by atoms with Crippen LogP contribution in [0.25, 0.3) is 0 Å². The van der Waals surface area contributed by atoms with E-state index in [1.54, 1.807) is 11.3 Å². The summed E-state index contributed by atoms with van der Waals surface area (Å²) in [6.07, 6.45) is 4.05. The number of fused-ring (bicyclic) bond motifs is 1. The quantitative estimate of drug-likeness (QED) is 0.759. The molecule has 0 aliphatic carbocycles. The molecule has 2 aromatic heterocycles. The summed E-state index contributed by atoms with van der Waals surface area (Å²) in [5, 5.41) is 6.44. The summed E-state index contributed by atoms with van der Waals surface area (Å²) in [5.74, 6) is 0. The van der Waals surface area contributed by atoms with Gasteiger partial charge in [-0.25, -0.2) is 0 Å². The number of nitrogens with zero attached hydrogens (tertiary/aromatic N) is 3. The first-order valence-corrected chi connectivity index (χ1v) is 6.58. The Bertz CT molecular complexity index is 593. The molecule has 0 spiro atoms. The van der Waals surface area contributed by atoms with Gasteiger partial charge in [0.1, 0.15) is 0 Å². The number of hydrogen-bond donors (Lipinski definition) is 0. The van der Waals surface area contributed by atoms with Crippen LogP contribution in [0.1, 0.15) is 29.9 Å². The molecule has 1 aliphatic rings. The molecule has 0 saturated carbocycles. The van der Waals surface area contributed by atoms with Gasteiger partial charge < -0.3 is 0 Å². The third kappa shape index (κ3) is 1.47. The molecule has 1 atom stereocenters. The molecule has 88 valence electrons. The van der Waals surface area contributed by atoms with E-state index >= 15 is 0 Å². The number of aromatic nitrogens is 2. The van der Waals surface area contributed by atoms with Gasteiger partial charge >= 0.3 is 0 Å². The largest absolute Gasteiger partial charge is 0.287 e. The van der Waals surface area contributed by atoms with E-state index < -0.39 is 0 Å². The van der Waals surface area contributed by atoms with Crippen molar-refractivity contribution in [3.8, 4) is 0 Å². The normalized spacial score (nSPS) is 23.4. The monoisotopic (exact) mass is 245 g/mol. The van der Waals surface area contributed by atoms with E-state index in [2.05, 4.69) is 41.6 Å². The van der Waals surface area contributed by atoms with Crippen LogP contribution in [0.3, 0.4) is 0 Å². The highest BCUT2D eigenvalue weighted by Gasteiger charge is 2.36.